The summed E-state index contributed by atoms with van der Waals surface area (Å²) in [5.41, 5.74) is 0.533. The Labute approximate surface area is 245 Å². The van der Waals surface area contributed by atoms with E-state index in [0.717, 1.165) is 24.3 Å². The van der Waals surface area contributed by atoms with E-state index < -0.39 is 38.0 Å². The topological polar surface area (TPSA) is 133 Å². The number of anilines is 1. The molecular weight excluding hydrogens is 585 g/mol. The molecule has 3 aromatic carbocycles. The van der Waals surface area contributed by atoms with Crippen molar-refractivity contribution in [1.29, 1.82) is 0 Å². The van der Waals surface area contributed by atoms with Gasteiger partial charge in [-0.05, 0) is 61.5 Å². The zero-order chi connectivity index (χ0) is 30.7. The minimum absolute atomic E-state index is 0.0354. The average Bonchev–Trinajstić information content (AvgIpc) is 3.00. The summed E-state index contributed by atoms with van der Waals surface area (Å²) in [5, 5.41) is 9.85. The monoisotopic (exact) mass is 619 g/mol. The van der Waals surface area contributed by atoms with E-state index in [0.29, 0.717) is 11.3 Å². The van der Waals surface area contributed by atoms with Crippen LogP contribution < -0.4 is 9.46 Å². The molecule has 0 fully saturated rings. The molecule has 0 aliphatic carbocycles. The van der Waals surface area contributed by atoms with Gasteiger partial charge in [-0.1, -0.05) is 25.1 Å². The van der Waals surface area contributed by atoms with Crippen LogP contribution in [0.4, 0.5) is 10.1 Å². The lowest BCUT2D eigenvalue weighted by atomic mass is 10.0. The number of ether oxygens (including phenoxy) is 1. The zero-order valence-corrected chi connectivity index (χ0v) is 25.1. The smallest absolute Gasteiger partial charge is 0.261 e. The maximum atomic E-state index is 13.4. The lowest BCUT2D eigenvalue weighted by Crippen LogP contribution is -2.48. The molecule has 0 aromatic heterocycles. The highest BCUT2D eigenvalue weighted by molar-refractivity contribution is 7.92. The number of hydrogen-bond donors (Lipinski definition) is 2. The van der Waals surface area contributed by atoms with Crippen LogP contribution in [-0.4, -0.2) is 75.9 Å². The highest BCUT2D eigenvalue weighted by Crippen LogP contribution is 2.30. The molecule has 42 heavy (non-hydrogen) atoms. The minimum atomic E-state index is -4.06. The van der Waals surface area contributed by atoms with Gasteiger partial charge in [-0.25, -0.2) is 21.2 Å². The van der Waals surface area contributed by atoms with Gasteiger partial charge >= 0.3 is 0 Å². The predicted molar refractivity (Wildman–Crippen MR) is 155 cm³/mol. The van der Waals surface area contributed by atoms with Gasteiger partial charge in [0.05, 0.1) is 35.4 Å². The largest absolute Gasteiger partial charge is 0.488 e. The second-order valence-corrected chi connectivity index (χ2v) is 14.1. The molecule has 0 radical (unpaired) electrons. The summed E-state index contributed by atoms with van der Waals surface area (Å²) in [5.74, 6) is -0.931. The average molecular weight is 620 g/mol. The van der Waals surface area contributed by atoms with Crippen LogP contribution >= 0.6 is 0 Å². The van der Waals surface area contributed by atoms with Gasteiger partial charge in [-0.2, -0.15) is 4.31 Å². The number of nitrogens with zero attached hydrogens (tertiary/aromatic N) is 2. The second kappa shape index (κ2) is 12.8. The molecule has 1 amide bonds. The van der Waals surface area contributed by atoms with Crippen molar-refractivity contribution in [2.24, 2.45) is 5.92 Å². The molecule has 3 aromatic rings. The molecule has 2 N–H and O–H groups in total. The summed E-state index contributed by atoms with van der Waals surface area (Å²) in [6.07, 6.45) is -0.850. The molecule has 1 aliphatic rings. The normalized spacial score (nSPS) is 18.8. The first-order valence-corrected chi connectivity index (χ1v) is 16.2. The van der Waals surface area contributed by atoms with E-state index >= 15 is 0 Å². The lowest BCUT2D eigenvalue weighted by molar-refractivity contribution is -0.134. The third kappa shape index (κ3) is 7.09. The maximum Gasteiger partial charge on any atom is 0.261 e. The van der Waals surface area contributed by atoms with E-state index in [2.05, 4.69) is 4.72 Å². The number of halogens is 1. The first kappa shape index (κ1) is 31.4. The van der Waals surface area contributed by atoms with Gasteiger partial charge in [-0.15, -0.1) is 0 Å². The van der Waals surface area contributed by atoms with Crippen LogP contribution in [0.25, 0.3) is 0 Å². The minimum Gasteiger partial charge on any atom is -0.488 e. The van der Waals surface area contributed by atoms with Crippen molar-refractivity contribution >= 4 is 31.6 Å². The molecule has 3 atom stereocenters. The molecule has 1 heterocycles. The van der Waals surface area contributed by atoms with Gasteiger partial charge in [-0.3, -0.25) is 9.52 Å². The van der Waals surface area contributed by atoms with Crippen molar-refractivity contribution < 1.29 is 35.9 Å². The standard InChI is InChI=1S/C29H34FN3O7S2/c1-20-17-33(21(2)19-34)29(35)16-22-15-24(31-41(36,37)25-12-9-23(30)10-13-25)11-14-27(22)40-28(20)18-32(3)42(38,39)26-7-5-4-6-8-26/h4-15,20-21,28,31,34H,16-19H2,1-3H3/t20-,21-,28-/m1/s1. The van der Waals surface area contributed by atoms with Crippen LogP contribution in [0.1, 0.15) is 19.4 Å². The van der Waals surface area contributed by atoms with Crippen LogP contribution in [0, 0.1) is 11.7 Å². The molecule has 0 saturated heterocycles. The Morgan fingerprint density at radius 2 is 1.71 bits per heavy atom. The number of aliphatic hydroxyl groups excluding tert-OH is 1. The number of aliphatic hydroxyl groups is 1. The van der Waals surface area contributed by atoms with E-state index in [9.17, 15) is 31.1 Å². The Bertz CT molecular complexity index is 1620. The molecule has 226 valence electrons. The lowest BCUT2D eigenvalue weighted by Gasteiger charge is -2.33. The molecule has 1 aliphatic heterocycles. The number of hydrogen-bond acceptors (Lipinski definition) is 7. The van der Waals surface area contributed by atoms with Crippen molar-refractivity contribution in [3.05, 3.63) is 84.2 Å². The van der Waals surface area contributed by atoms with Crippen molar-refractivity contribution in [1.82, 2.24) is 9.21 Å². The van der Waals surface area contributed by atoms with E-state index in [4.69, 9.17) is 4.74 Å². The van der Waals surface area contributed by atoms with Crippen LogP contribution in [0.2, 0.25) is 0 Å². The summed E-state index contributed by atoms with van der Waals surface area (Å²) in [6.45, 7) is 3.43. The first-order chi connectivity index (χ1) is 19.8. The molecule has 0 saturated carbocycles. The zero-order valence-electron chi connectivity index (χ0n) is 23.5. The third-order valence-corrected chi connectivity index (χ3v) is 10.4. The highest BCUT2D eigenvalue weighted by Gasteiger charge is 2.33. The van der Waals surface area contributed by atoms with Crippen LogP contribution in [0.3, 0.4) is 0 Å². The molecule has 0 bridgehead atoms. The van der Waals surface area contributed by atoms with Gasteiger partial charge in [0.1, 0.15) is 17.7 Å². The van der Waals surface area contributed by atoms with Crippen LogP contribution in [-0.2, 0) is 31.3 Å². The summed E-state index contributed by atoms with van der Waals surface area (Å²) in [7, 11) is -6.44. The Kier molecular flexibility index (Phi) is 9.56. The van der Waals surface area contributed by atoms with E-state index in [1.54, 1.807) is 25.1 Å². The molecular formula is C29H34FN3O7S2. The Hall–Kier alpha value is -3.52. The molecule has 4 rings (SSSR count). The van der Waals surface area contributed by atoms with Crippen molar-refractivity contribution in [3.8, 4) is 5.75 Å². The fourth-order valence-corrected chi connectivity index (χ4v) is 6.92. The van der Waals surface area contributed by atoms with Crippen molar-refractivity contribution in [2.75, 3.05) is 31.5 Å². The van der Waals surface area contributed by atoms with Gasteiger partial charge in [0.25, 0.3) is 10.0 Å². The van der Waals surface area contributed by atoms with Gasteiger partial charge in [0.2, 0.25) is 15.9 Å². The number of carbonyl (C=O) groups is 1. The van der Waals surface area contributed by atoms with E-state index in [1.165, 1.54) is 46.6 Å². The number of benzene rings is 3. The molecule has 0 unspecified atom stereocenters. The Morgan fingerprint density at radius 1 is 1.05 bits per heavy atom. The third-order valence-electron chi connectivity index (χ3n) is 7.18. The summed E-state index contributed by atoms with van der Waals surface area (Å²) in [4.78, 5) is 14.9. The number of fused-ring (bicyclic) bond motifs is 1. The Morgan fingerprint density at radius 3 is 2.36 bits per heavy atom. The van der Waals surface area contributed by atoms with Gasteiger partial charge < -0.3 is 14.7 Å². The summed E-state index contributed by atoms with van der Waals surface area (Å²) in [6, 6.07) is 16.3. The fourth-order valence-electron chi connectivity index (χ4n) is 4.66. The van der Waals surface area contributed by atoms with E-state index in [-0.39, 0.29) is 53.4 Å². The summed E-state index contributed by atoms with van der Waals surface area (Å²) < 4.78 is 75.6. The SMILES string of the molecule is C[C@@H]1CN([C@H](C)CO)C(=O)Cc2cc(NS(=O)(=O)c3ccc(F)cc3)ccc2O[C@@H]1CN(C)S(=O)(=O)c1ccccc1. The molecule has 13 heteroatoms. The predicted octanol–water partition coefficient (Wildman–Crippen LogP) is 3.10. The number of likely N-dealkylation sites (N-methyl/N-ethyl adjacent to an activating group) is 1. The van der Waals surface area contributed by atoms with E-state index in [1.807, 2.05) is 6.92 Å². The molecule has 10 nitrogen and oxygen atoms in total. The number of rotatable bonds is 9. The number of sulfonamides is 2. The number of amides is 1. The van der Waals surface area contributed by atoms with Crippen LogP contribution in [0.15, 0.2) is 82.6 Å². The number of carbonyl (C=O) groups excluding carboxylic acids is 1. The molecule has 0 spiro atoms. The fraction of sp³-hybridized carbons (Fsp3) is 0.345. The summed E-state index contributed by atoms with van der Waals surface area (Å²) >= 11 is 0. The first-order valence-electron chi connectivity index (χ1n) is 13.3. The van der Waals surface area contributed by atoms with Crippen molar-refractivity contribution in [2.45, 2.75) is 42.2 Å². The van der Waals surface area contributed by atoms with Crippen LogP contribution in [0.5, 0.6) is 5.75 Å². The highest BCUT2D eigenvalue weighted by atomic mass is 32.2. The second-order valence-electron chi connectivity index (χ2n) is 10.4. The van der Waals surface area contributed by atoms with Gasteiger partial charge in [0.15, 0.2) is 0 Å². The quantitative estimate of drug-likeness (QED) is 0.376. The van der Waals surface area contributed by atoms with Crippen molar-refractivity contribution in [3.63, 3.8) is 0 Å². The Balaban J connectivity index is 1.68. The van der Waals surface area contributed by atoms with Gasteiger partial charge in [0, 0.05) is 30.8 Å². The number of nitrogens with one attached hydrogen (secondary N) is 1. The maximum absolute atomic E-state index is 13.4.